The number of benzene rings is 1. The summed E-state index contributed by atoms with van der Waals surface area (Å²) in [6.07, 6.45) is 3.59. The Balaban J connectivity index is 2.23. The van der Waals surface area contributed by atoms with Crippen LogP contribution in [0.25, 0.3) is 0 Å². The van der Waals surface area contributed by atoms with Crippen LogP contribution in [-0.2, 0) is 0 Å². The van der Waals surface area contributed by atoms with Gasteiger partial charge in [-0.05, 0) is 37.3 Å². The average molecular weight is 223 g/mol. The van der Waals surface area contributed by atoms with Crippen LogP contribution >= 0.6 is 0 Å². The lowest BCUT2D eigenvalue weighted by molar-refractivity contribution is 0.101. The number of nitrogens with one attached hydrogen (secondary N) is 1. The molecule has 4 nitrogen and oxygen atoms in total. The number of hydrogen-bond donors (Lipinski definition) is 4. The molecule has 0 amide bonds. The summed E-state index contributed by atoms with van der Waals surface area (Å²) < 4.78 is 0. The molecule has 1 saturated carbocycles. The highest BCUT2D eigenvalue weighted by Crippen LogP contribution is 2.41. The summed E-state index contributed by atoms with van der Waals surface area (Å²) >= 11 is 0. The predicted molar refractivity (Wildman–Crippen MR) is 59.7 cm³/mol. The molecule has 4 N–H and O–H groups in total. The van der Waals surface area contributed by atoms with Crippen LogP contribution < -0.4 is 5.48 Å². The van der Waals surface area contributed by atoms with Crippen molar-refractivity contribution in [2.45, 2.75) is 37.6 Å². The van der Waals surface area contributed by atoms with Crippen LogP contribution in [0.5, 0.6) is 11.5 Å². The van der Waals surface area contributed by atoms with Crippen molar-refractivity contribution in [3.63, 3.8) is 0 Å². The van der Waals surface area contributed by atoms with Gasteiger partial charge in [0.1, 0.15) is 11.5 Å². The van der Waals surface area contributed by atoms with Crippen molar-refractivity contribution in [3.05, 3.63) is 23.8 Å². The van der Waals surface area contributed by atoms with E-state index in [0.717, 1.165) is 25.7 Å². The first-order valence-electron chi connectivity index (χ1n) is 5.63. The fourth-order valence-corrected chi connectivity index (χ4v) is 2.53. The molecule has 0 bridgehead atoms. The van der Waals surface area contributed by atoms with Gasteiger partial charge in [0, 0.05) is 11.6 Å². The first kappa shape index (κ1) is 11.2. The number of phenolic OH excluding ortho intramolecular Hbond substituents is 2. The van der Waals surface area contributed by atoms with Crippen LogP contribution in [0.1, 0.15) is 37.2 Å². The van der Waals surface area contributed by atoms with E-state index in [4.69, 9.17) is 5.21 Å². The maximum atomic E-state index is 9.76. The highest BCUT2D eigenvalue weighted by atomic mass is 16.5. The number of hydrogen-bond acceptors (Lipinski definition) is 4. The summed E-state index contributed by atoms with van der Waals surface area (Å²) in [4.78, 5) is 0. The highest BCUT2D eigenvalue weighted by Gasteiger charge is 2.26. The molecule has 1 aliphatic carbocycles. The zero-order chi connectivity index (χ0) is 11.5. The summed E-state index contributed by atoms with van der Waals surface area (Å²) in [6.45, 7) is 0. The van der Waals surface area contributed by atoms with Gasteiger partial charge in [0.25, 0.3) is 0 Å². The Morgan fingerprint density at radius 2 is 1.81 bits per heavy atom. The minimum absolute atomic E-state index is 0.0535. The summed E-state index contributed by atoms with van der Waals surface area (Å²) in [5.41, 5.74) is 2.89. The van der Waals surface area contributed by atoms with Crippen LogP contribution in [-0.4, -0.2) is 21.5 Å². The van der Waals surface area contributed by atoms with Gasteiger partial charge in [0.15, 0.2) is 0 Å². The quantitative estimate of drug-likeness (QED) is 0.579. The molecule has 0 spiro atoms. The van der Waals surface area contributed by atoms with E-state index in [1.54, 1.807) is 18.2 Å². The third kappa shape index (κ3) is 2.13. The van der Waals surface area contributed by atoms with Crippen molar-refractivity contribution in [1.82, 2.24) is 5.48 Å². The second-order valence-electron chi connectivity index (χ2n) is 4.40. The molecule has 0 radical (unpaired) electrons. The first-order valence-corrected chi connectivity index (χ1v) is 5.63. The molecule has 1 aliphatic rings. The molecule has 0 heterocycles. The predicted octanol–water partition coefficient (Wildman–Crippen LogP) is 2.10. The molecule has 88 valence electrons. The molecule has 1 aromatic rings. The van der Waals surface area contributed by atoms with Crippen LogP contribution in [0.4, 0.5) is 0 Å². The molecule has 2 atom stereocenters. The highest BCUT2D eigenvalue weighted by molar-refractivity contribution is 5.45. The fourth-order valence-electron chi connectivity index (χ4n) is 2.53. The maximum Gasteiger partial charge on any atom is 0.122 e. The third-order valence-corrected chi connectivity index (χ3v) is 3.33. The lowest BCUT2D eigenvalue weighted by Gasteiger charge is -2.29. The van der Waals surface area contributed by atoms with Crippen molar-refractivity contribution in [2.75, 3.05) is 0 Å². The molecule has 1 fully saturated rings. The van der Waals surface area contributed by atoms with Crippen molar-refractivity contribution in [1.29, 1.82) is 0 Å². The molecule has 0 saturated heterocycles. The zero-order valence-corrected chi connectivity index (χ0v) is 9.06. The summed E-state index contributed by atoms with van der Waals surface area (Å²) in [6, 6.07) is 4.85. The van der Waals surface area contributed by atoms with Gasteiger partial charge in [-0.15, -0.1) is 0 Å². The second-order valence-corrected chi connectivity index (χ2v) is 4.40. The van der Waals surface area contributed by atoms with Crippen LogP contribution in [0.15, 0.2) is 18.2 Å². The Hall–Kier alpha value is -1.26. The Morgan fingerprint density at radius 3 is 2.44 bits per heavy atom. The summed E-state index contributed by atoms with van der Waals surface area (Å²) in [5.74, 6) is 0.395. The molecular weight excluding hydrogens is 206 g/mol. The standard InChI is InChI=1S/C12H17NO3/c14-10-5-2-6-11(15)12(10)8-3-1-4-9(7-8)13-16/h2,5-6,8-9,13-16H,1,3-4,7H2. The van der Waals surface area contributed by atoms with Crippen LogP contribution in [0, 0.1) is 0 Å². The topological polar surface area (TPSA) is 72.7 Å². The normalized spacial score (nSPS) is 25.6. The van der Waals surface area contributed by atoms with E-state index in [2.05, 4.69) is 5.48 Å². The van der Waals surface area contributed by atoms with Gasteiger partial charge in [0.2, 0.25) is 0 Å². The molecule has 0 aliphatic heterocycles. The number of rotatable bonds is 2. The summed E-state index contributed by atoms with van der Waals surface area (Å²) in [7, 11) is 0. The Morgan fingerprint density at radius 1 is 1.12 bits per heavy atom. The van der Waals surface area contributed by atoms with Gasteiger partial charge >= 0.3 is 0 Å². The Kier molecular flexibility index (Phi) is 3.31. The fraction of sp³-hybridized carbons (Fsp3) is 0.500. The Bertz CT molecular complexity index is 347. The van der Waals surface area contributed by atoms with Gasteiger partial charge in [-0.3, -0.25) is 0 Å². The van der Waals surface area contributed by atoms with Crippen LogP contribution in [0.3, 0.4) is 0 Å². The number of hydroxylamine groups is 1. The smallest absolute Gasteiger partial charge is 0.122 e. The number of aromatic hydroxyl groups is 2. The van der Waals surface area contributed by atoms with Gasteiger partial charge in [-0.25, -0.2) is 5.48 Å². The molecule has 1 aromatic carbocycles. The maximum absolute atomic E-state index is 9.76. The number of phenols is 2. The van der Waals surface area contributed by atoms with Crippen molar-refractivity contribution in [2.24, 2.45) is 0 Å². The minimum Gasteiger partial charge on any atom is -0.508 e. The lowest BCUT2D eigenvalue weighted by atomic mass is 9.81. The largest absolute Gasteiger partial charge is 0.508 e. The molecule has 16 heavy (non-hydrogen) atoms. The van der Waals surface area contributed by atoms with E-state index < -0.39 is 0 Å². The monoisotopic (exact) mass is 223 g/mol. The molecule has 2 unspecified atom stereocenters. The van der Waals surface area contributed by atoms with Gasteiger partial charge in [0.05, 0.1) is 0 Å². The van der Waals surface area contributed by atoms with Crippen LogP contribution in [0.2, 0.25) is 0 Å². The van der Waals surface area contributed by atoms with E-state index in [9.17, 15) is 10.2 Å². The van der Waals surface area contributed by atoms with Crippen molar-refractivity contribution < 1.29 is 15.4 Å². The first-order chi connectivity index (χ1) is 7.72. The minimum atomic E-state index is 0.0535. The molecule has 0 aromatic heterocycles. The Labute approximate surface area is 94.5 Å². The molecule has 2 rings (SSSR count). The van der Waals surface area contributed by atoms with E-state index in [-0.39, 0.29) is 23.5 Å². The third-order valence-electron chi connectivity index (χ3n) is 3.33. The van der Waals surface area contributed by atoms with Gasteiger partial charge in [-0.1, -0.05) is 12.5 Å². The van der Waals surface area contributed by atoms with E-state index in [1.807, 2.05) is 0 Å². The molecular formula is C12H17NO3. The van der Waals surface area contributed by atoms with E-state index in [0.29, 0.717) is 5.56 Å². The van der Waals surface area contributed by atoms with Crippen molar-refractivity contribution in [3.8, 4) is 11.5 Å². The van der Waals surface area contributed by atoms with E-state index >= 15 is 0 Å². The van der Waals surface area contributed by atoms with Gasteiger partial charge in [-0.2, -0.15) is 0 Å². The van der Waals surface area contributed by atoms with Gasteiger partial charge < -0.3 is 15.4 Å². The average Bonchev–Trinajstić information content (AvgIpc) is 2.29. The van der Waals surface area contributed by atoms with E-state index in [1.165, 1.54) is 0 Å². The second kappa shape index (κ2) is 4.72. The summed E-state index contributed by atoms with van der Waals surface area (Å²) in [5, 5.41) is 28.4. The SMILES string of the molecule is ONC1CCCC(c2c(O)cccc2O)C1. The zero-order valence-electron chi connectivity index (χ0n) is 9.06. The van der Waals surface area contributed by atoms with Crippen molar-refractivity contribution >= 4 is 0 Å². The lowest BCUT2D eigenvalue weighted by Crippen LogP contribution is -2.31. The molecule has 4 heteroatoms.